The van der Waals surface area contributed by atoms with Gasteiger partial charge in [-0.3, -0.25) is 4.79 Å². The SMILES string of the molecule is CC(C)CN1CCC(C(=O)NC(CCO)c2ccccc2)C1. The highest BCUT2D eigenvalue weighted by Crippen LogP contribution is 2.21. The lowest BCUT2D eigenvalue weighted by molar-refractivity contribution is -0.125. The maximum Gasteiger partial charge on any atom is 0.224 e. The number of aliphatic hydroxyl groups excluding tert-OH is 1. The Labute approximate surface area is 133 Å². The van der Waals surface area contributed by atoms with E-state index in [0.29, 0.717) is 12.3 Å². The van der Waals surface area contributed by atoms with Crippen LogP contribution in [0.1, 0.15) is 38.3 Å². The summed E-state index contributed by atoms with van der Waals surface area (Å²) in [5.41, 5.74) is 1.06. The average Bonchev–Trinajstić information content (AvgIpc) is 2.95. The molecule has 1 aromatic carbocycles. The van der Waals surface area contributed by atoms with E-state index in [9.17, 15) is 9.90 Å². The molecule has 1 amide bonds. The molecule has 1 fully saturated rings. The number of nitrogens with zero attached hydrogens (tertiary/aromatic N) is 1. The number of carbonyl (C=O) groups excluding carboxylic acids is 1. The molecule has 1 aliphatic heterocycles. The van der Waals surface area contributed by atoms with Gasteiger partial charge in [0.2, 0.25) is 5.91 Å². The van der Waals surface area contributed by atoms with Crippen molar-refractivity contribution < 1.29 is 9.90 Å². The van der Waals surface area contributed by atoms with Gasteiger partial charge in [0.05, 0.1) is 12.0 Å². The lowest BCUT2D eigenvalue weighted by atomic mass is 10.0. The molecule has 4 nitrogen and oxygen atoms in total. The highest BCUT2D eigenvalue weighted by molar-refractivity contribution is 5.79. The standard InChI is InChI=1S/C18H28N2O2/c1-14(2)12-20-10-8-16(13-20)18(22)19-17(9-11-21)15-6-4-3-5-7-15/h3-7,14,16-17,21H,8-13H2,1-2H3,(H,19,22). The number of aliphatic hydroxyl groups is 1. The minimum atomic E-state index is -0.0992. The molecule has 1 aromatic rings. The van der Waals surface area contributed by atoms with Gasteiger partial charge in [0.15, 0.2) is 0 Å². The molecule has 0 bridgehead atoms. The Morgan fingerprint density at radius 1 is 1.36 bits per heavy atom. The summed E-state index contributed by atoms with van der Waals surface area (Å²) in [5, 5.41) is 12.4. The molecule has 2 atom stereocenters. The van der Waals surface area contributed by atoms with Crippen molar-refractivity contribution in [3.63, 3.8) is 0 Å². The van der Waals surface area contributed by atoms with Gasteiger partial charge in [0, 0.05) is 19.7 Å². The summed E-state index contributed by atoms with van der Waals surface area (Å²) in [4.78, 5) is 14.9. The second kappa shape index (κ2) is 8.30. The van der Waals surface area contributed by atoms with Gasteiger partial charge in [-0.15, -0.1) is 0 Å². The van der Waals surface area contributed by atoms with Crippen molar-refractivity contribution in [1.82, 2.24) is 10.2 Å². The van der Waals surface area contributed by atoms with E-state index in [4.69, 9.17) is 0 Å². The smallest absolute Gasteiger partial charge is 0.224 e. The quantitative estimate of drug-likeness (QED) is 0.812. The summed E-state index contributed by atoms with van der Waals surface area (Å²) in [7, 11) is 0. The molecule has 2 N–H and O–H groups in total. The Morgan fingerprint density at radius 2 is 2.09 bits per heavy atom. The molecule has 0 aliphatic carbocycles. The number of carbonyl (C=O) groups is 1. The molecule has 2 rings (SSSR count). The average molecular weight is 304 g/mol. The van der Waals surface area contributed by atoms with Crippen LogP contribution in [0.25, 0.3) is 0 Å². The van der Waals surface area contributed by atoms with Crippen molar-refractivity contribution in [3.8, 4) is 0 Å². The zero-order valence-electron chi connectivity index (χ0n) is 13.7. The largest absolute Gasteiger partial charge is 0.396 e. The van der Waals surface area contributed by atoms with E-state index in [-0.39, 0.29) is 24.5 Å². The van der Waals surface area contributed by atoms with E-state index in [1.807, 2.05) is 30.3 Å². The summed E-state index contributed by atoms with van der Waals surface area (Å²) < 4.78 is 0. The predicted molar refractivity (Wildman–Crippen MR) is 88.4 cm³/mol. The molecular formula is C18H28N2O2. The summed E-state index contributed by atoms with van der Waals surface area (Å²) in [6.45, 7) is 7.41. The van der Waals surface area contributed by atoms with Crippen LogP contribution in [0.4, 0.5) is 0 Å². The summed E-state index contributed by atoms with van der Waals surface area (Å²) >= 11 is 0. The zero-order chi connectivity index (χ0) is 15.9. The van der Waals surface area contributed by atoms with E-state index in [2.05, 4.69) is 24.1 Å². The molecule has 0 spiro atoms. The fourth-order valence-electron chi connectivity index (χ4n) is 3.16. The topological polar surface area (TPSA) is 52.6 Å². The maximum absolute atomic E-state index is 12.5. The molecule has 4 heteroatoms. The van der Waals surface area contributed by atoms with Gasteiger partial charge in [-0.25, -0.2) is 0 Å². The van der Waals surface area contributed by atoms with Crippen LogP contribution in [-0.2, 0) is 4.79 Å². The van der Waals surface area contributed by atoms with E-state index >= 15 is 0 Å². The van der Waals surface area contributed by atoms with Crippen LogP contribution in [0.15, 0.2) is 30.3 Å². The summed E-state index contributed by atoms with van der Waals surface area (Å²) in [5.74, 6) is 0.825. The minimum absolute atomic E-state index is 0.0728. The van der Waals surface area contributed by atoms with Crippen molar-refractivity contribution in [2.24, 2.45) is 11.8 Å². The third kappa shape index (κ3) is 4.82. The third-order valence-electron chi connectivity index (χ3n) is 4.20. The first kappa shape index (κ1) is 17.0. The monoisotopic (exact) mass is 304 g/mol. The normalized spacial score (nSPS) is 20.3. The third-order valence-corrected chi connectivity index (χ3v) is 4.20. The fourth-order valence-corrected chi connectivity index (χ4v) is 3.16. The fraction of sp³-hybridized carbons (Fsp3) is 0.611. The second-order valence-corrected chi connectivity index (χ2v) is 6.62. The highest BCUT2D eigenvalue weighted by atomic mass is 16.3. The predicted octanol–water partition coefficient (Wildman–Crippen LogP) is 2.20. The van der Waals surface area contributed by atoms with Gasteiger partial charge in [-0.2, -0.15) is 0 Å². The van der Waals surface area contributed by atoms with Crippen LogP contribution in [0.5, 0.6) is 0 Å². The van der Waals surface area contributed by atoms with Crippen LogP contribution in [0, 0.1) is 11.8 Å². The molecule has 0 aromatic heterocycles. The first-order valence-electron chi connectivity index (χ1n) is 8.28. The van der Waals surface area contributed by atoms with E-state index < -0.39 is 0 Å². The Morgan fingerprint density at radius 3 is 2.73 bits per heavy atom. The number of likely N-dealkylation sites (tertiary alicyclic amines) is 1. The Bertz CT molecular complexity index is 461. The number of hydrogen-bond donors (Lipinski definition) is 2. The number of amides is 1. The molecule has 122 valence electrons. The number of nitrogens with one attached hydrogen (secondary N) is 1. The minimum Gasteiger partial charge on any atom is -0.396 e. The number of rotatable bonds is 7. The second-order valence-electron chi connectivity index (χ2n) is 6.62. The van der Waals surface area contributed by atoms with E-state index in [1.165, 1.54) is 0 Å². The van der Waals surface area contributed by atoms with Crippen molar-refractivity contribution in [1.29, 1.82) is 0 Å². The Hall–Kier alpha value is -1.39. The molecule has 0 radical (unpaired) electrons. The molecule has 1 aliphatic rings. The van der Waals surface area contributed by atoms with Gasteiger partial charge >= 0.3 is 0 Å². The van der Waals surface area contributed by atoms with Crippen LogP contribution in [0.2, 0.25) is 0 Å². The van der Waals surface area contributed by atoms with Gasteiger partial charge in [-0.05, 0) is 30.9 Å². The van der Waals surface area contributed by atoms with Crippen molar-refractivity contribution >= 4 is 5.91 Å². The van der Waals surface area contributed by atoms with Crippen molar-refractivity contribution in [3.05, 3.63) is 35.9 Å². The van der Waals surface area contributed by atoms with Crippen molar-refractivity contribution in [2.75, 3.05) is 26.2 Å². The van der Waals surface area contributed by atoms with E-state index in [1.54, 1.807) is 0 Å². The van der Waals surface area contributed by atoms with Crippen LogP contribution in [-0.4, -0.2) is 42.2 Å². The maximum atomic E-state index is 12.5. The summed E-state index contributed by atoms with van der Waals surface area (Å²) in [6.07, 6.45) is 1.48. The lowest BCUT2D eigenvalue weighted by Crippen LogP contribution is -2.36. The first-order valence-corrected chi connectivity index (χ1v) is 8.28. The molecule has 1 heterocycles. The molecule has 1 saturated heterocycles. The van der Waals surface area contributed by atoms with Gasteiger partial charge in [0.25, 0.3) is 0 Å². The zero-order valence-corrected chi connectivity index (χ0v) is 13.7. The Kier molecular flexibility index (Phi) is 6.40. The molecule has 22 heavy (non-hydrogen) atoms. The molecule has 2 unspecified atom stereocenters. The Balaban J connectivity index is 1.92. The first-order chi connectivity index (χ1) is 10.6. The van der Waals surface area contributed by atoms with E-state index in [0.717, 1.165) is 31.6 Å². The van der Waals surface area contributed by atoms with Gasteiger partial charge < -0.3 is 15.3 Å². The molecular weight excluding hydrogens is 276 g/mol. The van der Waals surface area contributed by atoms with Crippen LogP contribution >= 0.6 is 0 Å². The number of benzene rings is 1. The van der Waals surface area contributed by atoms with Crippen molar-refractivity contribution in [2.45, 2.75) is 32.7 Å². The highest BCUT2D eigenvalue weighted by Gasteiger charge is 2.29. The van der Waals surface area contributed by atoms with Gasteiger partial charge in [-0.1, -0.05) is 44.2 Å². The van der Waals surface area contributed by atoms with Gasteiger partial charge in [0.1, 0.15) is 0 Å². The van der Waals surface area contributed by atoms with Crippen LogP contribution in [0.3, 0.4) is 0 Å². The number of hydrogen-bond acceptors (Lipinski definition) is 3. The lowest BCUT2D eigenvalue weighted by Gasteiger charge is -2.21. The molecule has 0 saturated carbocycles. The summed E-state index contributed by atoms with van der Waals surface area (Å²) in [6, 6.07) is 9.79. The van der Waals surface area contributed by atoms with Crippen LogP contribution < -0.4 is 5.32 Å².